The number of methoxy groups -OCH3 is 1. The Morgan fingerprint density at radius 2 is 2.04 bits per heavy atom. The first-order valence-electron chi connectivity index (χ1n) is 8.18. The van der Waals surface area contributed by atoms with Crippen LogP contribution in [0.3, 0.4) is 0 Å². The van der Waals surface area contributed by atoms with Crippen molar-refractivity contribution in [1.82, 2.24) is 10.2 Å². The summed E-state index contributed by atoms with van der Waals surface area (Å²) in [5.41, 5.74) is 1.17. The van der Waals surface area contributed by atoms with E-state index in [1.54, 1.807) is 7.11 Å². The van der Waals surface area contributed by atoms with Gasteiger partial charge in [0.1, 0.15) is 5.75 Å². The number of benzene rings is 1. The van der Waals surface area contributed by atoms with Gasteiger partial charge in [0, 0.05) is 25.9 Å². The minimum Gasteiger partial charge on any atom is -0.497 e. The average Bonchev–Trinajstić information content (AvgIpc) is 2.84. The molecule has 0 aromatic heterocycles. The van der Waals surface area contributed by atoms with Crippen LogP contribution >= 0.6 is 0 Å². The smallest absolute Gasteiger partial charge is 0.224 e. The third kappa shape index (κ3) is 5.27. The molecule has 1 atom stereocenters. The lowest BCUT2D eigenvalue weighted by atomic mass is 10.1. The number of likely N-dealkylation sites (tertiary alicyclic amines) is 1. The third-order valence-electron chi connectivity index (χ3n) is 4.00. The van der Waals surface area contributed by atoms with Crippen LogP contribution in [0.2, 0.25) is 0 Å². The zero-order valence-electron chi connectivity index (χ0n) is 14.2. The topological polar surface area (TPSA) is 58.6 Å². The molecule has 1 N–H and O–H groups in total. The normalized spacial score (nSPS) is 17.7. The van der Waals surface area contributed by atoms with E-state index >= 15 is 0 Å². The van der Waals surface area contributed by atoms with Gasteiger partial charge in [-0.15, -0.1) is 0 Å². The molecule has 1 aliphatic heterocycles. The molecule has 1 saturated heterocycles. The van der Waals surface area contributed by atoms with Crippen LogP contribution in [-0.4, -0.2) is 43.0 Å². The maximum absolute atomic E-state index is 12.1. The number of ether oxygens (including phenoxy) is 1. The van der Waals surface area contributed by atoms with Crippen LogP contribution in [0.15, 0.2) is 24.3 Å². The molecular weight excluding hydrogens is 292 g/mol. The average molecular weight is 318 g/mol. The molecule has 5 heteroatoms. The molecular formula is C18H26N2O3. The van der Waals surface area contributed by atoms with Gasteiger partial charge in [0.25, 0.3) is 0 Å². The molecule has 0 radical (unpaired) electrons. The van der Waals surface area contributed by atoms with E-state index in [0.717, 1.165) is 12.2 Å². The summed E-state index contributed by atoms with van der Waals surface area (Å²) in [4.78, 5) is 25.7. The highest BCUT2D eigenvalue weighted by Crippen LogP contribution is 2.15. The molecule has 0 saturated carbocycles. The van der Waals surface area contributed by atoms with Crippen molar-refractivity contribution in [3.05, 3.63) is 29.8 Å². The molecule has 0 spiro atoms. The standard InChI is InChI=1S/C18H26N2O3/c1-13(2)10-17(21)19-15-11-18(22)20(12-15)9-8-14-4-6-16(23-3)7-5-14/h4-7,13,15H,8-12H2,1-3H3,(H,19,21)/t15-/m0/s1. The molecule has 2 rings (SSSR count). The van der Waals surface area contributed by atoms with E-state index in [9.17, 15) is 9.59 Å². The van der Waals surface area contributed by atoms with Gasteiger partial charge < -0.3 is 15.0 Å². The number of amides is 2. The van der Waals surface area contributed by atoms with Crippen molar-refractivity contribution < 1.29 is 14.3 Å². The van der Waals surface area contributed by atoms with Gasteiger partial charge in [-0.3, -0.25) is 9.59 Å². The van der Waals surface area contributed by atoms with Crippen molar-refractivity contribution in [2.75, 3.05) is 20.2 Å². The largest absolute Gasteiger partial charge is 0.497 e. The highest BCUT2D eigenvalue weighted by Gasteiger charge is 2.30. The lowest BCUT2D eigenvalue weighted by molar-refractivity contribution is -0.127. The fourth-order valence-electron chi connectivity index (χ4n) is 2.80. The van der Waals surface area contributed by atoms with Crippen LogP contribution in [0.25, 0.3) is 0 Å². The first kappa shape index (κ1) is 17.3. The van der Waals surface area contributed by atoms with Crippen LogP contribution in [0.1, 0.15) is 32.3 Å². The summed E-state index contributed by atoms with van der Waals surface area (Å²) in [7, 11) is 1.64. The van der Waals surface area contributed by atoms with Gasteiger partial charge in [-0.2, -0.15) is 0 Å². The SMILES string of the molecule is COc1ccc(CCN2C[C@@H](NC(=O)CC(C)C)CC2=O)cc1. The Hall–Kier alpha value is -2.04. The molecule has 1 aromatic rings. The van der Waals surface area contributed by atoms with E-state index in [2.05, 4.69) is 5.32 Å². The van der Waals surface area contributed by atoms with Gasteiger partial charge in [0.05, 0.1) is 13.2 Å². The van der Waals surface area contributed by atoms with Gasteiger partial charge >= 0.3 is 0 Å². The fraction of sp³-hybridized carbons (Fsp3) is 0.556. The van der Waals surface area contributed by atoms with Crippen molar-refractivity contribution >= 4 is 11.8 Å². The van der Waals surface area contributed by atoms with Crippen LogP contribution in [-0.2, 0) is 16.0 Å². The Bertz CT molecular complexity index is 540. The number of nitrogens with one attached hydrogen (secondary N) is 1. The predicted octanol–water partition coefficient (Wildman–Crippen LogP) is 2.00. The number of carbonyl (C=O) groups is 2. The maximum atomic E-state index is 12.1. The molecule has 126 valence electrons. The first-order chi connectivity index (χ1) is 11.0. The molecule has 0 aliphatic carbocycles. The molecule has 1 fully saturated rings. The van der Waals surface area contributed by atoms with E-state index in [0.29, 0.717) is 31.8 Å². The van der Waals surface area contributed by atoms with E-state index in [4.69, 9.17) is 4.74 Å². The molecule has 1 heterocycles. The van der Waals surface area contributed by atoms with Gasteiger partial charge in [0.15, 0.2) is 0 Å². The van der Waals surface area contributed by atoms with Gasteiger partial charge in [-0.25, -0.2) is 0 Å². The van der Waals surface area contributed by atoms with Crippen molar-refractivity contribution in [3.63, 3.8) is 0 Å². The third-order valence-corrected chi connectivity index (χ3v) is 4.00. The van der Waals surface area contributed by atoms with Crippen molar-refractivity contribution in [2.45, 2.75) is 39.2 Å². The summed E-state index contributed by atoms with van der Waals surface area (Å²) in [5, 5.41) is 2.97. The van der Waals surface area contributed by atoms with Crippen LogP contribution in [0, 0.1) is 5.92 Å². The van der Waals surface area contributed by atoms with E-state index in [-0.39, 0.29) is 17.9 Å². The lowest BCUT2D eigenvalue weighted by Crippen LogP contribution is -2.37. The van der Waals surface area contributed by atoms with E-state index in [1.807, 2.05) is 43.0 Å². The summed E-state index contributed by atoms with van der Waals surface area (Å²) in [6.07, 6.45) is 1.73. The van der Waals surface area contributed by atoms with Crippen LogP contribution < -0.4 is 10.1 Å². The number of nitrogens with zero attached hydrogens (tertiary/aromatic N) is 1. The molecule has 1 aromatic carbocycles. The van der Waals surface area contributed by atoms with Gasteiger partial charge in [0.2, 0.25) is 11.8 Å². The summed E-state index contributed by atoms with van der Waals surface area (Å²) in [6.45, 7) is 5.32. The fourth-order valence-corrected chi connectivity index (χ4v) is 2.80. The number of hydrogen-bond acceptors (Lipinski definition) is 3. The summed E-state index contributed by atoms with van der Waals surface area (Å²) in [6, 6.07) is 7.83. The van der Waals surface area contributed by atoms with Crippen molar-refractivity contribution in [3.8, 4) is 5.75 Å². The Labute approximate surface area is 138 Å². The second kappa shape index (κ2) is 7.99. The lowest BCUT2D eigenvalue weighted by Gasteiger charge is -2.17. The Kier molecular flexibility index (Phi) is 6.02. The number of rotatable bonds is 7. The number of hydrogen-bond donors (Lipinski definition) is 1. The second-order valence-corrected chi connectivity index (χ2v) is 6.50. The highest BCUT2D eigenvalue weighted by molar-refractivity contribution is 5.82. The maximum Gasteiger partial charge on any atom is 0.224 e. The van der Waals surface area contributed by atoms with Crippen LogP contribution in [0.4, 0.5) is 0 Å². The van der Waals surface area contributed by atoms with E-state index < -0.39 is 0 Å². The zero-order chi connectivity index (χ0) is 16.8. The Morgan fingerprint density at radius 3 is 2.65 bits per heavy atom. The molecule has 0 unspecified atom stereocenters. The summed E-state index contributed by atoms with van der Waals surface area (Å²) >= 11 is 0. The quantitative estimate of drug-likeness (QED) is 0.836. The monoisotopic (exact) mass is 318 g/mol. The second-order valence-electron chi connectivity index (χ2n) is 6.50. The Balaban J connectivity index is 1.79. The molecule has 1 aliphatic rings. The summed E-state index contributed by atoms with van der Waals surface area (Å²) < 4.78 is 5.14. The molecule has 5 nitrogen and oxygen atoms in total. The number of carbonyl (C=O) groups excluding carboxylic acids is 2. The predicted molar refractivity (Wildman–Crippen MR) is 89.3 cm³/mol. The van der Waals surface area contributed by atoms with E-state index in [1.165, 1.54) is 5.56 Å². The minimum atomic E-state index is -0.0513. The highest BCUT2D eigenvalue weighted by atomic mass is 16.5. The van der Waals surface area contributed by atoms with Gasteiger partial charge in [-0.1, -0.05) is 26.0 Å². The first-order valence-corrected chi connectivity index (χ1v) is 8.18. The van der Waals surface area contributed by atoms with Crippen molar-refractivity contribution in [2.24, 2.45) is 5.92 Å². The van der Waals surface area contributed by atoms with Crippen LogP contribution in [0.5, 0.6) is 5.75 Å². The zero-order valence-corrected chi connectivity index (χ0v) is 14.2. The van der Waals surface area contributed by atoms with Gasteiger partial charge in [-0.05, 0) is 30.0 Å². The molecule has 23 heavy (non-hydrogen) atoms. The van der Waals surface area contributed by atoms with Crippen molar-refractivity contribution in [1.29, 1.82) is 0 Å². The minimum absolute atomic E-state index is 0.0369. The summed E-state index contributed by atoms with van der Waals surface area (Å²) in [5.74, 6) is 1.32. The molecule has 0 bridgehead atoms. The Morgan fingerprint density at radius 1 is 1.35 bits per heavy atom. The molecule has 2 amide bonds.